The number of benzene rings is 1. The maximum atomic E-state index is 11.8. The molecule has 1 aromatic carbocycles. The van der Waals surface area contributed by atoms with Crippen LogP contribution in [0.5, 0.6) is 17.2 Å². The van der Waals surface area contributed by atoms with E-state index >= 15 is 0 Å². The average molecular weight is 293 g/mol. The number of imide groups is 1. The summed E-state index contributed by atoms with van der Waals surface area (Å²) in [6, 6.07) is 3.57. The summed E-state index contributed by atoms with van der Waals surface area (Å²) in [5.74, 6) is 0.477. The van der Waals surface area contributed by atoms with Crippen molar-refractivity contribution in [3.8, 4) is 17.2 Å². The molecule has 2 unspecified atom stereocenters. The Morgan fingerprint density at radius 1 is 1.05 bits per heavy atom. The summed E-state index contributed by atoms with van der Waals surface area (Å²) in [6.45, 7) is 1.80. The zero-order valence-corrected chi connectivity index (χ0v) is 12.6. The van der Waals surface area contributed by atoms with Crippen LogP contribution in [0.2, 0.25) is 0 Å². The molecule has 2 rings (SSSR count). The first-order valence-electron chi connectivity index (χ1n) is 6.65. The Labute approximate surface area is 123 Å². The van der Waals surface area contributed by atoms with E-state index in [2.05, 4.69) is 5.32 Å². The molecule has 1 aromatic rings. The highest BCUT2D eigenvalue weighted by Crippen LogP contribution is 2.42. The van der Waals surface area contributed by atoms with E-state index in [1.54, 1.807) is 19.1 Å². The van der Waals surface area contributed by atoms with E-state index in [0.29, 0.717) is 17.2 Å². The number of carbonyl (C=O) groups excluding carboxylic acids is 2. The molecule has 0 aliphatic carbocycles. The van der Waals surface area contributed by atoms with Crippen molar-refractivity contribution in [2.24, 2.45) is 5.92 Å². The summed E-state index contributed by atoms with van der Waals surface area (Å²) in [6.07, 6.45) is 0.256. The van der Waals surface area contributed by atoms with Crippen LogP contribution in [0.3, 0.4) is 0 Å². The molecule has 21 heavy (non-hydrogen) atoms. The van der Waals surface area contributed by atoms with E-state index < -0.39 is 0 Å². The molecule has 0 aromatic heterocycles. The topological polar surface area (TPSA) is 73.9 Å². The zero-order chi connectivity index (χ0) is 15.6. The van der Waals surface area contributed by atoms with Crippen molar-refractivity contribution in [2.45, 2.75) is 19.3 Å². The Morgan fingerprint density at radius 2 is 1.62 bits per heavy atom. The van der Waals surface area contributed by atoms with Crippen molar-refractivity contribution >= 4 is 11.8 Å². The first-order valence-corrected chi connectivity index (χ1v) is 6.65. The van der Waals surface area contributed by atoms with Gasteiger partial charge in [-0.3, -0.25) is 14.9 Å². The lowest BCUT2D eigenvalue weighted by molar-refractivity contribution is -0.136. The third-order valence-electron chi connectivity index (χ3n) is 3.80. The van der Waals surface area contributed by atoms with Crippen LogP contribution in [0.25, 0.3) is 0 Å². The van der Waals surface area contributed by atoms with Crippen molar-refractivity contribution in [3.05, 3.63) is 17.7 Å². The third-order valence-corrected chi connectivity index (χ3v) is 3.80. The van der Waals surface area contributed by atoms with E-state index in [0.717, 1.165) is 5.56 Å². The molecule has 1 heterocycles. The molecule has 0 spiro atoms. The predicted octanol–water partition coefficient (Wildman–Crippen LogP) is 1.48. The minimum Gasteiger partial charge on any atom is -0.493 e. The average Bonchev–Trinajstić information content (AvgIpc) is 2.49. The lowest BCUT2D eigenvalue weighted by atomic mass is 9.81. The SMILES string of the molecule is COc1cc(C2CC(=O)NC(=O)C2C)cc(OC)c1OC. The second-order valence-corrected chi connectivity index (χ2v) is 4.97. The number of ether oxygens (including phenoxy) is 3. The molecule has 0 bridgehead atoms. The Kier molecular flexibility index (Phi) is 4.35. The molecule has 1 aliphatic heterocycles. The van der Waals surface area contributed by atoms with E-state index in [1.807, 2.05) is 0 Å². The number of rotatable bonds is 4. The Morgan fingerprint density at radius 3 is 2.10 bits per heavy atom. The Hall–Kier alpha value is -2.24. The number of nitrogens with one attached hydrogen (secondary N) is 1. The maximum absolute atomic E-state index is 11.8. The number of methoxy groups -OCH3 is 3. The quantitative estimate of drug-likeness (QED) is 0.851. The van der Waals surface area contributed by atoms with Crippen LogP contribution < -0.4 is 19.5 Å². The Bertz CT molecular complexity index is 544. The van der Waals surface area contributed by atoms with Gasteiger partial charge in [0.05, 0.1) is 21.3 Å². The highest BCUT2D eigenvalue weighted by molar-refractivity contribution is 5.99. The lowest BCUT2D eigenvalue weighted by Crippen LogP contribution is -2.43. The third kappa shape index (κ3) is 2.79. The fraction of sp³-hybridized carbons (Fsp3) is 0.467. The monoisotopic (exact) mass is 293 g/mol. The van der Waals surface area contributed by atoms with Crippen LogP contribution in [0.4, 0.5) is 0 Å². The standard InChI is InChI=1S/C15H19NO5/c1-8-10(7-13(17)16-15(8)18)9-5-11(19-2)14(21-4)12(6-9)20-3/h5-6,8,10H,7H2,1-4H3,(H,16,17,18). The molecule has 1 aliphatic rings. The van der Waals surface area contributed by atoms with Gasteiger partial charge in [0.2, 0.25) is 17.6 Å². The second kappa shape index (κ2) is 6.03. The van der Waals surface area contributed by atoms with Gasteiger partial charge in [0, 0.05) is 18.3 Å². The molecule has 1 fully saturated rings. The summed E-state index contributed by atoms with van der Waals surface area (Å²) < 4.78 is 15.9. The maximum Gasteiger partial charge on any atom is 0.230 e. The number of hydrogen-bond donors (Lipinski definition) is 1. The van der Waals surface area contributed by atoms with E-state index in [-0.39, 0.29) is 30.1 Å². The van der Waals surface area contributed by atoms with E-state index in [9.17, 15) is 9.59 Å². The highest BCUT2D eigenvalue weighted by atomic mass is 16.5. The number of piperidine rings is 1. The molecule has 0 radical (unpaired) electrons. The van der Waals surface area contributed by atoms with Crippen LogP contribution >= 0.6 is 0 Å². The van der Waals surface area contributed by atoms with Gasteiger partial charge in [0.15, 0.2) is 11.5 Å². The predicted molar refractivity (Wildman–Crippen MR) is 75.8 cm³/mol. The molecule has 6 heteroatoms. The Balaban J connectivity index is 2.48. The smallest absolute Gasteiger partial charge is 0.230 e. The molecule has 114 valence electrons. The van der Waals surface area contributed by atoms with Gasteiger partial charge in [-0.1, -0.05) is 6.92 Å². The van der Waals surface area contributed by atoms with Crippen molar-refractivity contribution < 1.29 is 23.8 Å². The van der Waals surface area contributed by atoms with Gasteiger partial charge in [-0.2, -0.15) is 0 Å². The van der Waals surface area contributed by atoms with Gasteiger partial charge in [-0.05, 0) is 17.7 Å². The second-order valence-electron chi connectivity index (χ2n) is 4.97. The summed E-state index contributed by atoms with van der Waals surface area (Å²) in [5, 5.41) is 2.34. The van der Waals surface area contributed by atoms with E-state index in [1.165, 1.54) is 21.3 Å². The van der Waals surface area contributed by atoms with Crippen molar-refractivity contribution in [1.82, 2.24) is 5.32 Å². The van der Waals surface area contributed by atoms with Gasteiger partial charge in [-0.15, -0.1) is 0 Å². The highest BCUT2D eigenvalue weighted by Gasteiger charge is 2.34. The van der Waals surface area contributed by atoms with Crippen LogP contribution in [-0.4, -0.2) is 33.1 Å². The van der Waals surface area contributed by atoms with Gasteiger partial charge >= 0.3 is 0 Å². The van der Waals surface area contributed by atoms with Crippen LogP contribution in [0.1, 0.15) is 24.8 Å². The minimum atomic E-state index is -0.300. The van der Waals surface area contributed by atoms with E-state index in [4.69, 9.17) is 14.2 Å². The van der Waals surface area contributed by atoms with Crippen LogP contribution in [0.15, 0.2) is 12.1 Å². The first kappa shape index (κ1) is 15.2. The number of amides is 2. The molecule has 1 N–H and O–H groups in total. The van der Waals surface area contributed by atoms with Crippen molar-refractivity contribution in [1.29, 1.82) is 0 Å². The van der Waals surface area contributed by atoms with Gasteiger partial charge in [0.1, 0.15) is 0 Å². The van der Waals surface area contributed by atoms with Crippen molar-refractivity contribution in [3.63, 3.8) is 0 Å². The summed E-state index contributed by atoms with van der Waals surface area (Å²) >= 11 is 0. The largest absolute Gasteiger partial charge is 0.493 e. The lowest BCUT2D eigenvalue weighted by Gasteiger charge is -2.28. The van der Waals surface area contributed by atoms with Gasteiger partial charge in [0.25, 0.3) is 0 Å². The molecule has 2 amide bonds. The number of hydrogen-bond acceptors (Lipinski definition) is 5. The minimum absolute atomic E-state index is 0.208. The summed E-state index contributed by atoms with van der Waals surface area (Å²) in [5.41, 5.74) is 0.820. The molecular formula is C15H19NO5. The van der Waals surface area contributed by atoms with Gasteiger partial charge < -0.3 is 14.2 Å². The fourth-order valence-electron chi connectivity index (χ4n) is 2.58. The zero-order valence-electron chi connectivity index (χ0n) is 12.6. The van der Waals surface area contributed by atoms with Crippen molar-refractivity contribution in [2.75, 3.05) is 21.3 Å². The first-order chi connectivity index (χ1) is 10.0. The van der Waals surface area contributed by atoms with Gasteiger partial charge in [-0.25, -0.2) is 0 Å². The molecule has 1 saturated heterocycles. The molecular weight excluding hydrogens is 274 g/mol. The fourth-order valence-corrected chi connectivity index (χ4v) is 2.58. The summed E-state index contributed by atoms with van der Waals surface area (Å²) in [4.78, 5) is 23.4. The van der Waals surface area contributed by atoms with Crippen LogP contribution in [-0.2, 0) is 9.59 Å². The summed E-state index contributed by atoms with van der Waals surface area (Å²) in [7, 11) is 4.59. The molecule has 6 nitrogen and oxygen atoms in total. The molecule has 0 saturated carbocycles. The van der Waals surface area contributed by atoms with Crippen LogP contribution in [0, 0.1) is 5.92 Å². The molecule has 2 atom stereocenters. The number of carbonyl (C=O) groups is 2. The normalized spacial score (nSPS) is 21.7.